The summed E-state index contributed by atoms with van der Waals surface area (Å²) in [6.45, 7) is 0. The summed E-state index contributed by atoms with van der Waals surface area (Å²) in [7, 11) is -5.17. The second kappa shape index (κ2) is 8.88. The molecule has 0 fully saturated rings. The Morgan fingerprint density at radius 2 is 1.53 bits per heavy atom. The van der Waals surface area contributed by atoms with E-state index in [2.05, 4.69) is 4.52 Å². The van der Waals surface area contributed by atoms with Gasteiger partial charge in [-0.3, -0.25) is 19.4 Å². The van der Waals surface area contributed by atoms with Crippen LogP contribution in [0.3, 0.4) is 0 Å². The first-order valence-electron chi connectivity index (χ1n) is 3.92. The van der Waals surface area contributed by atoms with Crippen molar-refractivity contribution < 1.29 is 48.6 Å². The number of aliphatic carboxylic acids is 2. The second-order valence-corrected chi connectivity index (χ2v) is 4.20. The molecule has 108 valence electrons. The summed E-state index contributed by atoms with van der Waals surface area (Å²) in [4.78, 5) is 48.1. The van der Waals surface area contributed by atoms with Gasteiger partial charge in [0, 0.05) is 0 Å². The van der Waals surface area contributed by atoms with Gasteiger partial charge < -0.3 is 19.8 Å². The van der Waals surface area contributed by atoms with Crippen molar-refractivity contribution in [2.45, 2.75) is 18.4 Å². The van der Waals surface area contributed by atoms with Crippen LogP contribution in [0.25, 0.3) is 0 Å². The Morgan fingerprint density at radius 3 is 1.79 bits per heavy atom. The van der Waals surface area contributed by atoms with E-state index in [1.807, 2.05) is 0 Å². The molecule has 0 heterocycles. The van der Waals surface area contributed by atoms with Crippen LogP contribution in [0.5, 0.6) is 0 Å². The zero-order valence-electron chi connectivity index (χ0n) is 8.55. The quantitative estimate of drug-likeness (QED) is 0.272. The van der Waals surface area contributed by atoms with Gasteiger partial charge in [0.25, 0.3) is 0 Å². The number of carbonyl (C=O) groups is 3. The predicted molar refractivity (Wildman–Crippen MR) is 62.0 cm³/mol. The molecule has 0 spiro atoms. The molecule has 0 bridgehead atoms. The Balaban J connectivity index is -0.00000128. The van der Waals surface area contributed by atoms with Crippen molar-refractivity contribution >= 4 is 67.7 Å². The number of phosphoric ester groups is 1. The molecule has 0 aliphatic carbocycles. The number of carboxylic acids is 2. The molecule has 1 unspecified atom stereocenters. The van der Waals surface area contributed by atoms with Gasteiger partial charge in [-0.25, -0.2) is 9.36 Å². The van der Waals surface area contributed by atoms with Gasteiger partial charge in [-0.1, -0.05) is 0 Å². The van der Waals surface area contributed by atoms with E-state index in [9.17, 15) is 24.1 Å². The molecule has 0 aromatic carbocycles. The van der Waals surface area contributed by atoms with Crippen LogP contribution in [-0.4, -0.2) is 78.2 Å². The van der Waals surface area contributed by atoms with Crippen molar-refractivity contribution in [3.63, 3.8) is 0 Å². The number of phosphoric acid groups is 1. The molecule has 0 aliphatic rings. The van der Waals surface area contributed by atoms with Crippen LogP contribution < -0.4 is 0 Å². The molecule has 0 saturated carbocycles. The number of halogens is 1. The fourth-order valence-electron chi connectivity index (χ4n) is 0.868. The molecular formula is C6H11ClNaO10P. The van der Waals surface area contributed by atoms with Crippen LogP contribution in [0.1, 0.15) is 12.8 Å². The van der Waals surface area contributed by atoms with Gasteiger partial charge in [0.2, 0.25) is 0 Å². The van der Waals surface area contributed by atoms with E-state index < -0.39 is 44.2 Å². The number of hydrogen-bond donors (Lipinski definition) is 5. The van der Waals surface area contributed by atoms with Crippen LogP contribution in [-0.2, 0) is 23.5 Å². The molecule has 13 heteroatoms. The molecule has 5 N–H and O–H groups in total. The van der Waals surface area contributed by atoms with Gasteiger partial charge in [0.05, 0.1) is 12.8 Å². The van der Waals surface area contributed by atoms with Gasteiger partial charge >= 0.3 is 55.3 Å². The number of carboxylic acid groups (broad SMARTS) is 2. The predicted octanol–water partition coefficient (Wildman–Crippen LogP) is -1.92. The number of rotatable bonds is 6. The van der Waals surface area contributed by atoms with E-state index in [4.69, 9.17) is 20.0 Å². The summed E-state index contributed by atoms with van der Waals surface area (Å²) in [5.74, 6) is -5.47. The van der Waals surface area contributed by atoms with E-state index in [0.717, 1.165) is 0 Å². The monoisotopic (exact) mass is 332 g/mol. The Morgan fingerprint density at radius 1 is 1.11 bits per heavy atom. The molecule has 0 amide bonds. The fraction of sp³-hybridized carbons (Fsp3) is 0.500. The Bertz CT molecular complexity index is 393. The van der Waals surface area contributed by atoms with E-state index >= 15 is 0 Å². The third-order valence-corrected chi connectivity index (χ3v) is 1.94. The van der Waals surface area contributed by atoms with E-state index in [1.165, 1.54) is 0 Å². The van der Waals surface area contributed by atoms with Crippen LogP contribution in [0, 0.1) is 0 Å². The molecule has 1 atom stereocenters. The van der Waals surface area contributed by atoms with E-state index in [0.29, 0.717) is 0 Å². The van der Waals surface area contributed by atoms with Crippen molar-refractivity contribution in [3.8, 4) is 0 Å². The molecule has 0 aromatic heterocycles. The zero-order chi connectivity index (χ0) is 13.9. The summed E-state index contributed by atoms with van der Waals surface area (Å²) in [6, 6.07) is 0. The number of aliphatic hydroxyl groups is 1. The van der Waals surface area contributed by atoms with Crippen molar-refractivity contribution in [2.24, 2.45) is 0 Å². The first-order chi connectivity index (χ1) is 7.46. The first kappa shape index (κ1) is 23.9. The first-order valence-corrected chi connectivity index (χ1v) is 5.45. The maximum atomic E-state index is 10.8. The normalized spacial score (nSPS) is 13.2. The SMILES string of the molecule is Cl.O=C(O)CC(O)(CC(=O)OP(=O)(O)O)C(=O)O.[NaH]. The molecule has 0 aliphatic heterocycles. The fourth-order valence-corrected chi connectivity index (χ4v) is 1.20. The van der Waals surface area contributed by atoms with Crippen LogP contribution in [0.4, 0.5) is 0 Å². The summed E-state index contributed by atoms with van der Waals surface area (Å²) in [5, 5.41) is 26.1. The number of hydrogen-bond acceptors (Lipinski definition) is 6. The van der Waals surface area contributed by atoms with E-state index in [-0.39, 0.29) is 42.0 Å². The van der Waals surface area contributed by atoms with Crippen LogP contribution >= 0.6 is 20.2 Å². The minimum atomic E-state index is -5.17. The van der Waals surface area contributed by atoms with E-state index in [1.54, 1.807) is 0 Å². The third-order valence-electron chi connectivity index (χ3n) is 1.50. The average molecular weight is 333 g/mol. The summed E-state index contributed by atoms with van der Waals surface area (Å²) < 4.78 is 13.7. The molecular weight excluding hydrogens is 321 g/mol. The molecule has 0 aromatic rings. The van der Waals surface area contributed by atoms with Crippen molar-refractivity contribution in [3.05, 3.63) is 0 Å². The Hall–Kier alpha value is -0.190. The Labute approximate surface area is 134 Å². The van der Waals surface area contributed by atoms with Crippen molar-refractivity contribution in [1.29, 1.82) is 0 Å². The van der Waals surface area contributed by atoms with Gasteiger partial charge in [-0.15, -0.1) is 12.4 Å². The molecule has 0 rings (SSSR count). The zero-order valence-corrected chi connectivity index (χ0v) is 10.3. The van der Waals surface area contributed by atoms with Crippen LogP contribution in [0.2, 0.25) is 0 Å². The van der Waals surface area contributed by atoms with Gasteiger partial charge in [-0.05, 0) is 0 Å². The third kappa shape index (κ3) is 10.3. The maximum absolute atomic E-state index is 10.8. The molecule has 19 heavy (non-hydrogen) atoms. The van der Waals surface area contributed by atoms with Crippen LogP contribution in [0.15, 0.2) is 0 Å². The molecule has 0 saturated heterocycles. The standard InChI is InChI=1S/C6H9O10P.ClH.Na.H/c7-3(8)1-6(12,5(10)11)2-4(9)16-17(13,14)15;;;/h12H,1-2H2,(H,7,8)(H,10,11)(H2,13,14,15);1H;;. The Kier molecular flexibility index (Phi) is 11.2. The second-order valence-electron chi connectivity index (χ2n) is 3.04. The van der Waals surface area contributed by atoms with Crippen molar-refractivity contribution in [1.82, 2.24) is 0 Å². The average Bonchev–Trinajstić information content (AvgIpc) is 1.96. The van der Waals surface area contributed by atoms with Crippen molar-refractivity contribution in [2.75, 3.05) is 0 Å². The summed E-state index contributed by atoms with van der Waals surface area (Å²) >= 11 is 0. The van der Waals surface area contributed by atoms with Gasteiger partial charge in [0.1, 0.15) is 0 Å². The van der Waals surface area contributed by atoms with Gasteiger partial charge in [-0.2, -0.15) is 0 Å². The molecule has 10 nitrogen and oxygen atoms in total. The topological polar surface area (TPSA) is 179 Å². The summed E-state index contributed by atoms with van der Waals surface area (Å²) in [5.41, 5.74) is -2.99. The number of carbonyl (C=O) groups excluding carboxylic acids is 1. The van der Waals surface area contributed by atoms with Gasteiger partial charge in [0.15, 0.2) is 5.60 Å². The summed E-state index contributed by atoms with van der Waals surface area (Å²) in [6.07, 6.45) is -2.72. The minimum absolute atomic E-state index is 0. The molecule has 0 radical (unpaired) electrons.